The van der Waals surface area contributed by atoms with E-state index in [9.17, 15) is 9.13 Å². The van der Waals surface area contributed by atoms with Crippen molar-refractivity contribution in [3.05, 3.63) is 0 Å². The van der Waals surface area contributed by atoms with Crippen LogP contribution in [0.1, 0.15) is 0 Å². The summed E-state index contributed by atoms with van der Waals surface area (Å²) >= 11 is 0. The molecule has 0 aromatic carbocycles. The highest BCUT2D eigenvalue weighted by molar-refractivity contribution is 7.46. The predicted octanol–water partition coefficient (Wildman–Crippen LogP) is -0.734. The van der Waals surface area contributed by atoms with Crippen molar-refractivity contribution in [2.75, 3.05) is 14.2 Å². The third-order valence-electron chi connectivity index (χ3n) is 0.476. The van der Waals surface area contributed by atoms with Crippen LogP contribution in [-0.4, -0.2) is 40.6 Å². The molecule has 0 rings (SSSR count). The van der Waals surface area contributed by atoms with Gasteiger partial charge in [0, 0.05) is 14.2 Å². The van der Waals surface area contributed by atoms with Crippen LogP contribution in [0.2, 0.25) is 0 Å². The van der Waals surface area contributed by atoms with Crippen LogP contribution in [0.25, 0.3) is 0 Å². The summed E-state index contributed by atoms with van der Waals surface area (Å²) in [5.41, 5.74) is 0. The van der Waals surface area contributed by atoms with Gasteiger partial charge in [-0.1, -0.05) is 0 Å². The van der Waals surface area contributed by atoms with Crippen molar-refractivity contribution in [2.45, 2.75) is 0 Å². The average Bonchev–Trinajstić information content (AvgIpc) is 2.07. The van der Waals surface area contributed by atoms with Crippen LogP contribution < -0.4 is 0 Å². The van der Waals surface area contributed by atoms with E-state index in [0.29, 0.717) is 0 Å². The zero-order valence-corrected chi connectivity index (χ0v) is 9.22. The summed E-state index contributed by atoms with van der Waals surface area (Å²) in [5.74, 6) is 0. The summed E-state index contributed by atoms with van der Waals surface area (Å²) < 4.78 is 26.2. The van der Waals surface area contributed by atoms with E-state index in [1.165, 1.54) is 0 Å². The van der Waals surface area contributed by atoms with Crippen molar-refractivity contribution in [3.8, 4) is 0 Å². The predicted molar refractivity (Wildman–Crippen MR) is 45.2 cm³/mol. The zero-order valence-electron chi connectivity index (χ0n) is 7.43. The van der Waals surface area contributed by atoms with E-state index < -0.39 is 15.6 Å². The van der Waals surface area contributed by atoms with Crippen LogP contribution in [0.15, 0.2) is 0 Å². The van der Waals surface area contributed by atoms with Gasteiger partial charge in [-0.3, -0.25) is 9.05 Å². The van der Waals surface area contributed by atoms with E-state index in [-0.39, 0.29) is 0 Å². The molecule has 0 aliphatic rings. The Bertz CT molecular complexity index is 180. The Morgan fingerprint density at radius 1 is 0.857 bits per heavy atom. The van der Waals surface area contributed by atoms with E-state index in [1.807, 2.05) is 6.79 Å². The summed E-state index contributed by atoms with van der Waals surface area (Å²) in [6.07, 6.45) is 0. The molecule has 0 saturated carbocycles. The van der Waals surface area contributed by atoms with Crippen molar-refractivity contribution in [1.29, 1.82) is 0 Å². The highest BCUT2D eigenvalue weighted by atomic mass is 31.2. The molecule has 9 nitrogen and oxygen atoms in total. The monoisotopic (exact) mass is 254 g/mol. The normalized spacial score (nSPS) is 10.4. The second kappa shape index (κ2) is 9.45. The van der Waals surface area contributed by atoms with Gasteiger partial charge in [0.25, 0.3) is 0 Å². The SMILES string of the molecule is C=O.COP(=O)(O)O.COP(=O)(O)O. The number of phosphoric acid groups is 2. The summed E-state index contributed by atoms with van der Waals surface area (Å²) in [6, 6.07) is 0. The molecule has 0 radical (unpaired) electrons. The quantitative estimate of drug-likeness (QED) is 0.467. The topological polar surface area (TPSA) is 151 Å². The van der Waals surface area contributed by atoms with Crippen molar-refractivity contribution in [2.24, 2.45) is 0 Å². The van der Waals surface area contributed by atoms with E-state index in [0.717, 1.165) is 14.2 Å². The Balaban J connectivity index is -0.000000147. The molecule has 0 spiro atoms. The Labute approximate surface area is 80.1 Å². The highest BCUT2D eigenvalue weighted by Crippen LogP contribution is 2.33. The first-order chi connectivity index (χ1) is 6.12. The lowest BCUT2D eigenvalue weighted by molar-refractivity contribution is -0.0980. The van der Waals surface area contributed by atoms with Gasteiger partial charge in [-0.15, -0.1) is 0 Å². The number of carbonyl (C=O) groups is 1. The lowest BCUT2D eigenvalue weighted by atomic mass is 11.8. The van der Waals surface area contributed by atoms with Gasteiger partial charge in [-0.2, -0.15) is 0 Å². The zero-order chi connectivity index (χ0) is 12.4. The number of hydrogen-bond donors (Lipinski definition) is 4. The molecule has 0 atom stereocenters. The molecule has 0 heterocycles. The lowest BCUT2D eigenvalue weighted by Gasteiger charge is -1.93. The van der Waals surface area contributed by atoms with Gasteiger partial charge in [0.05, 0.1) is 0 Å². The van der Waals surface area contributed by atoms with Gasteiger partial charge in [0.2, 0.25) is 0 Å². The minimum atomic E-state index is -4.15. The molecule has 0 aromatic heterocycles. The molecular formula is C3H12O9P2. The molecule has 0 unspecified atom stereocenters. The van der Waals surface area contributed by atoms with Gasteiger partial charge in [0.15, 0.2) is 0 Å². The molecule has 0 aromatic rings. The summed E-state index contributed by atoms with van der Waals surface area (Å²) in [7, 11) is -6.40. The molecule has 0 aliphatic heterocycles. The van der Waals surface area contributed by atoms with Gasteiger partial charge in [-0.25, -0.2) is 9.13 Å². The van der Waals surface area contributed by atoms with Gasteiger partial charge in [-0.05, 0) is 0 Å². The smallest absolute Gasteiger partial charge is 0.307 e. The first kappa shape index (κ1) is 19.5. The van der Waals surface area contributed by atoms with Crippen LogP contribution in [0.4, 0.5) is 0 Å². The lowest BCUT2D eigenvalue weighted by Crippen LogP contribution is -1.76. The van der Waals surface area contributed by atoms with Crippen LogP contribution in [0, 0.1) is 0 Å². The van der Waals surface area contributed by atoms with Crippen LogP contribution in [0.3, 0.4) is 0 Å². The molecular weight excluding hydrogens is 242 g/mol. The summed E-state index contributed by atoms with van der Waals surface area (Å²) in [5, 5.41) is 0. The number of hydrogen-bond acceptors (Lipinski definition) is 5. The maximum atomic E-state index is 9.47. The largest absolute Gasteiger partial charge is 0.469 e. The molecule has 88 valence electrons. The average molecular weight is 254 g/mol. The fraction of sp³-hybridized carbons (Fsp3) is 0.667. The summed E-state index contributed by atoms with van der Waals surface area (Å²) in [4.78, 5) is 38.9. The molecule has 14 heavy (non-hydrogen) atoms. The third-order valence-corrected chi connectivity index (χ3v) is 1.43. The summed E-state index contributed by atoms with van der Waals surface area (Å²) in [6.45, 7) is 2.00. The second-order valence-electron chi connectivity index (χ2n) is 1.35. The second-order valence-corrected chi connectivity index (χ2v) is 4.04. The van der Waals surface area contributed by atoms with Crippen molar-refractivity contribution in [3.63, 3.8) is 0 Å². The highest BCUT2D eigenvalue weighted by Gasteiger charge is 2.07. The molecule has 4 N–H and O–H groups in total. The first-order valence-corrected chi connectivity index (χ1v) is 5.70. The molecule has 0 bridgehead atoms. The van der Waals surface area contributed by atoms with E-state index in [2.05, 4.69) is 9.05 Å². The number of carbonyl (C=O) groups excluding carboxylic acids is 1. The van der Waals surface area contributed by atoms with Crippen molar-refractivity contribution in [1.82, 2.24) is 0 Å². The maximum Gasteiger partial charge on any atom is 0.469 e. The standard InChI is InChI=1S/2CH5O4P.CH2O/c2*1-5-6(2,3)4;1-2/h2*1H3,(H2,2,3,4);1H2. The molecule has 0 fully saturated rings. The molecule has 11 heteroatoms. The maximum absolute atomic E-state index is 9.47. The van der Waals surface area contributed by atoms with E-state index in [1.54, 1.807) is 0 Å². The van der Waals surface area contributed by atoms with E-state index >= 15 is 0 Å². The fourth-order valence-electron chi connectivity index (χ4n) is 0. The molecule has 0 aliphatic carbocycles. The molecule has 0 amide bonds. The number of phosphoric ester groups is 2. The van der Waals surface area contributed by atoms with Gasteiger partial charge in [0.1, 0.15) is 6.79 Å². The first-order valence-electron chi connectivity index (χ1n) is 2.64. The Kier molecular flexibility index (Phi) is 13.1. The van der Waals surface area contributed by atoms with Crippen LogP contribution in [0.5, 0.6) is 0 Å². The van der Waals surface area contributed by atoms with Gasteiger partial charge < -0.3 is 24.4 Å². The molecule has 0 saturated heterocycles. The van der Waals surface area contributed by atoms with Crippen molar-refractivity contribution >= 4 is 22.4 Å². The number of rotatable bonds is 2. The fourth-order valence-corrected chi connectivity index (χ4v) is 0. The van der Waals surface area contributed by atoms with Crippen molar-refractivity contribution < 1.29 is 42.5 Å². The third kappa shape index (κ3) is 40.6. The Morgan fingerprint density at radius 3 is 0.929 bits per heavy atom. The van der Waals surface area contributed by atoms with Gasteiger partial charge >= 0.3 is 15.6 Å². The van der Waals surface area contributed by atoms with Crippen LogP contribution in [-0.2, 0) is 23.0 Å². The minimum absolute atomic E-state index is 0.945. The Hall–Kier alpha value is -0.110. The Morgan fingerprint density at radius 2 is 0.929 bits per heavy atom. The van der Waals surface area contributed by atoms with E-state index in [4.69, 9.17) is 24.4 Å². The minimum Gasteiger partial charge on any atom is -0.307 e. The van der Waals surface area contributed by atoms with Crippen LogP contribution >= 0.6 is 15.6 Å².